The molecule has 0 saturated heterocycles. The molecule has 2 aromatic heterocycles. The maximum atomic E-state index is 12.4. The van der Waals surface area contributed by atoms with Crippen LogP contribution in [0.15, 0.2) is 128 Å². The van der Waals surface area contributed by atoms with Gasteiger partial charge in [0, 0.05) is 31.0 Å². The number of aryl methyl sites for hydroxylation is 2. The number of hydrogen-bond donors (Lipinski definition) is 1. The van der Waals surface area contributed by atoms with Crippen LogP contribution in [0.2, 0.25) is 0 Å². The Labute approximate surface area is 396 Å². The maximum Gasteiger partial charge on any atom is 0.149 e. The summed E-state index contributed by atoms with van der Waals surface area (Å²) in [6, 6.07) is 36.9. The number of fused-ring (bicyclic) bond motifs is 1. The van der Waals surface area contributed by atoms with Gasteiger partial charge in [-0.2, -0.15) is 0 Å². The minimum Gasteiger partial charge on any atom is -0.507 e. The van der Waals surface area contributed by atoms with E-state index in [2.05, 4.69) is 32.9 Å². The van der Waals surface area contributed by atoms with Crippen molar-refractivity contribution in [1.29, 1.82) is 0 Å². The molecule has 64 heavy (non-hydrogen) atoms. The number of phenols is 1. The van der Waals surface area contributed by atoms with Gasteiger partial charge in [-0.05, 0) is 152 Å². The second kappa shape index (κ2) is 17.4. The summed E-state index contributed by atoms with van der Waals surface area (Å²) in [7, 11) is 0. The minimum atomic E-state index is -2.71. The first-order chi connectivity index (χ1) is 34.0. The van der Waals surface area contributed by atoms with E-state index in [9.17, 15) is 6.48 Å². The number of rotatable bonds is 10. The fraction of sp³-hybridized carbons (Fsp3) is 0.300. The first-order valence-corrected chi connectivity index (χ1v) is 22.0. The number of hydrogen-bond acceptors (Lipinski definition) is 3. The van der Waals surface area contributed by atoms with E-state index >= 15 is 0 Å². The quantitative estimate of drug-likeness (QED) is 0.149. The van der Waals surface area contributed by atoms with Gasteiger partial charge in [0.15, 0.2) is 0 Å². The number of pyridine rings is 1. The molecule has 0 saturated carbocycles. The van der Waals surface area contributed by atoms with Crippen molar-refractivity contribution >= 4 is 11.0 Å². The van der Waals surface area contributed by atoms with Gasteiger partial charge >= 0.3 is 0 Å². The van der Waals surface area contributed by atoms with Gasteiger partial charge in [0.2, 0.25) is 0 Å². The monoisotopic (exact) mass is 854 g/mol. The molecular weight excluding hydrogens is 779 g/mol. The topological polar surface area (TPSA) is 50.9 Å². The molecule has 0 amide bonds. The highest BCUT2D eigenvalue weighted by atomic mass is 16.3. The van der Waals surface area contributed by atoms with Crippen LogP contribution in [0, 0.1) is 13.7 Å². The van der Waals surface area contributed by atoms with E-state index in [1.54, 1.807) is 115 Å². The summed E-state index contributed by atoms with van der Waals surface area (Å²) in [4.78, 5) is 10.2. The van der Waals surface area contributed by atoms with E-state index in [1.807, 2.05) is 60.7 Å². The second-order valence-electron chi connectivity index (χ2n) is 18.9. The number of para-hydroxylation sites is 1. The minimum absolute atomic E-state index is 0.0270. The average molecular weight is 854 g/mol. The highest BCUT2D eigenvalue weighted by Crippen LogP contribution is 2.45. The van der Waals surface area contributed by atoms with Gasteiger partial charge < -0.3 is 5.11 Å². The first kappa shape index (κ1) is 33.3. The van der Waals surface area contributed by atoms with E-state index in [4.69, 9.17) is 22.3 Å². The van der Waals surface area contributed by atoms with Crippen LogP contribution in [0.4, 0.5) is 0 Å². The molecule has 0 aliphatic rings. The Balaban J connectivity index is 1.45. The summed E-state index contributed by atoms with van der Waals surface area (Å²) in [5.41, 5.74) is 10.4. The lowest BCUT2D eigenvalue weighted by Gasteiger charge is -2.22. The highest BCUT2D eigenvalue weighted by molar-refractivity contribution is 5.97. The molecule has 0 aliphatic heterocycles. The Morgan fingerprint density at radius 1 is 0.594 bits per heavy atom. The molecule has 0 spiro atoms. The number of nitrogens with zero attached hydrogens (tertiary/aromatic N) is 3. The van der Waals surface area contributed by atoms with Crippen LogP contribution in [0.5, 0.6) is 5.75 Å². The van der Waals surface area contributed by atoms with Crippen LogP contribution in [0.1, 0.15) is 152 Å². The lowest BCUT2D eigenvalue weighted by Crippen LogP contribution is -2.11. The zero-order chi connectivity index (χ0) is 54.5. The number of aromatic nitrogens is 3. The molecule has 0 radical (unpaired) electrons. The van der Waals surface area contributed by atoms with Crippen LogP contribution >= 0.6 is 0 Å². The van der Waals surface area contributed by atoms with Crippen molar-refractivity contribution in [1.82, 2.24) is 14.5 Å². The molecule has 0 fully saturated rings. The Kier molecular flexibility index (Phi) is 9.03. The SMILES string of the molecule is [2H]C([2H])([2H])c1ccc(-c2ccnc(-c3cc(-c4cccc5c4nc(-c4cc(C([2H])(C)C)cc(C([2H])(C)C)c4O)n5-c4ccc(-c5c(C([2H])(C)C)cccc5C([2H])(C)C)cc4C([2H])([2H])[2H])cc(C(C)(C)C)c3)c2)cc1. The van der Waals surface area contributed by atoms with Crippen LogP contribution in [-0.2, 0) is 5.41 Å². The fourth-order valence-electron chi connectivity index (χ4n) is 8.61. The fourth-order valence-corrected chi connectivity index (χ4v) is 8.61. The zero-order valence-electron chi connectivity index (χ0n) is 48.9. The Morgan fingerprint density at radius 2 is 1.27 bits per heavy atom. The van der Waals surface area contributed by atoms with Crippen LogP contribution < -0.4 is 0 Å². The van der Waals surface area contributed by atoms with Crippen LogP contribution in [0.25, 0.3) is 72.7 Å². The summed E-state index contributed by atoms with van der Waals surface area (Å²) in [5, 5.41) is 12.4. The Morgan fingerprint density at radius 3 is 1.91 bits per heavy atom. The van der Waals surface area contributed by atoms with Crippen molar-refractivity contribution in [3.8, 4) is 67.5 Å². The molecule has 1 N–H and O–H groups in total. The molecule has 0 atom stereocenters. The molecular formula is C60H65N3O. The van der Waals surface area contributed by atoms with Crippen molar-refractivity contribution in [2.45, 2.75) is 119 Å². The van der Waals surface area contributed by atoms with Gasteiger partial charge in [0.25, 0.3) is 0 Å². The summed E-state index contributed by atoms with van der Waals surface area (Å²) in [5.74, 6) is -4.70. The van der Waals surface area contributed by atoms with Gasteiger partial charge in [0.05, 0.1) is 28.0 Å². The zero-order valence-corrected chi connectivity index (χ0v) is 38.9. The summed E-state index contributed by atoms with van der Waals surface area (Å²) in [6.07, 6.45) is 1.74. The lowest BCUT2D eigenvalue weighted by atomic mass is 9.83. The molecule has 0 aliphatic carbocycles. The third-order valence-electron chi connectivity index (χ3n) is 12.2. The highest BCUT2D eigenvalue weighted by Gasteiger charge is 2.26. The van der Waals surface area contributed by atoms with Crippen molar-refractivity contribution in [3.63, 3.8) is 0 Å². The smallest absolute Gasteiger partial charge is 0.149 e. The van der Waals surface area contributed by atoms with Gasteiger partial charge in [-0.3, -0.25) is 9.55 Å². The molecule has 8 rings (SSSR count). The molecule has 8 aromatic rings. The third kappa shape index (κ3) is 8.43. The standard InChI is InChI=1S/C60H65N3O/c1-35(2)44-32-51(38(7)8)58(64)52(33-44)59-62-57-50(45-29-46(31-47(30-45)60(11,12)13)53-34-42(26-27-61-53)41-22-20-39(9)21-23-41)18-15-19-55(57)63(59)54-25-24-43(28-40(54)10)56-48(36(3)4)16-14-17-49(56)37(5)6/h14-38,64H,1-13H3/i9D3,10D3,35D,36D,37D,38D. The van der Waals surface area contributed by atoms with Gasteiger partial charge in [0.1, 0.15) is 11.6 Å². The van der Waals surface area contributed by atoms with Gasteiger partial charge in [-0.15, -0.1) is 0 Å². The Hall–Kier alpha value is -6.26. The third-order valence-corrected chi connectivity index (χ3v) is 12.2. The van der Waals surface area contributed by atoms with Crippen molar-refractivity contribution in [2.75, 3.05) is 0 Å². The first-order valence-electron chi connectivity index (χ1n) is 27.0. The summed E-state index contributed by atoms with van der Waals surface area (Å²) >= 11 is 0. The van der Waals surface area contributed by atoms with Gasteiger partial charge in [-0.25, -0.2) is 4.98 Å². The van der Waals surface area contributed by atoms with E-state index in [0.717, 1.165) is 27.8 Å². The van der Waals surface area contributed by atoms with Crippen LogP contribution in [0.3, 0.4) is 0 Å². The molecule has 4 nitrogen and oxygen atoms in total. The van der Waals surface area contributed by atoms with Crippen molar-refractivity contribution < 1.29 is 18.8 Å². The van der Waals surface area contributed by atoms with Crippen LogP contribution in [-0.4, -0.2) is 19.6 Å². The Bertz CT molecular complexity index is 3410. The molecule has 0 unspecified atom stereocenters. The molecule has 2 heterocycles. The van der Waals surface area contributed by atoms with E-state index in [-0.39, 0.29) is 44.9 Å². The predicted octanol–water partition coefficient (Wildman–Crippen LogP) is 16.9. The number of phenolic OH excluding ortho intramolecular Hbond substituents is 1. The van der Waals surface area contributed by atoms with E-state index in [0.29, 0.717) is 50.1 Å². The normalized spacial score (nSPS) is 15.5. The predicted molar refractivity (Wildman–Crippen MR) is 272 cm³/mol. The number of benzene rings is 6. The molecule has 4 heteroatoms. The molecule has 326 valence electrons. The lowest BCUT2D eigenvalue weighted by molar-refractivity contribution is 0.466. The number of imidazole rings is 1. The summed E-state index contributed by atoms with van der Waals surface area (Å²) in [6.45, 7) is 15.4. The van der Waals surface area contributed by atoms with Crippen molar-refractivity contribution in [3.05, 3.63) is 166 Å². The average Bonchev–Trinajstić information content (AvgIpc) is 3.68. The van der Waals surface area contributed by atoms with Gasteiger partial charge in [-0.1, -0.05) is 155 Å². The maximum absolute atomic E-state index is 12.4. The van der Waals surface area contributed by atoms with Crippen molar-refractivity contribution in [2.24, 2.45) is 0 Å². The molecule has 0 bridgehead atoms. The number of aromatic hydroxyl groups is 1. The molecule has 6 aromatic carbocycles. The van der Waals surface area contributed by atoms with E-state index < -0.39 is 37.3 Å². The van der Waals surface area contributed by atoms with E-state index in [1.165, 1.54) is 0 Å². The largest absolute Gasteiger partial charge is 0.507 e. The summed E-state index contributed by atoms with van der Waals surface area (Å²) < 4.78 is 89.5. The second-order valence-corrected chi connectivity index (χ2v) is 18.9.